The highest BCUT2D eigenvalue weighted by atomic mass is 16.8. The SMILES string of the molecule is COC(=O)C1=Cc2ccccc2[C@@H]([C@H](c2ccccc2)[NH+]([O-])O)C(C(=O)OC)=C1O. The Morgan fingerprint density at radius 1 is 1.00 bits per heavy atom. The van der Waals surface area contributed by atoms with Crippen LogP contribution < -0.4 is 5.23 Å². The number of carbonyl (C=O) groups excluding carboxylic acids is 2. The summed E-state index contributed by atoms with van der Waals surface area (Å²) >= 11 is 0. The van der Waals surface area contributed by atoms with Gasteiger partial charge in [-0.25, -0.2) is 20.0 Å². The van der Waals surface area contributed by atoms with Crippen LogP contribution in [0.2, 0.25) is 0 Å². The molecule has 1 aliphatic carbocycles. The molecule has 1 unspecified atom stereocenters. The standard InChI is InChI=1S/C22H21NO7/c1-29-21(25)16-12-14-10-6-7-11-15(14)17(18(20(16)24)22(26)30-2)19(23(27)28)13-8-4-3-5-9-13/h3-12,17,19,23-24,27H,1-2H3/t17-,19+/m1/s1. The van der Waals surface area contributed by atoms with Crippen molar-refractivity contribution in [1.82, 2.24) is 0 Å². The van der Waals surface area contributed by atoms with Crippen LogP contribution in [0.15, 0.2) is 71.5 Å². The predicted octanol–water partition coefficient (Wildman–Crippen LogP) is 1.84. The van der Waals surface area contributed by atoms with Gasteiger partial charge in [0.05, 0.1) is 25.7 Å². The van der Waals surface area contributed by atoms with Crippen LogP contribution in [0.1, 0.15) is 28.7 Å². The molecule has 0 radical (unpaired) electrons. The van der Waals surface area contributed by atoms with Crippen molar-refractivity contribution in [2.75, 3.05) is 14.2 Å². The molecule has 1 aliphatic rings. The van der Waals surface area contributed by atoms with E-state index in [2.05, 4.69) is 0 Å². The average Bonchev–Trinajstić information content (AvgIpc) is 2.88. The van der Waals surface area contributed by atoms with Crippen molar-refractivity contribution >= 4 is 18.0 Å². The van der Waals surface area contributed by atoms with Crippen LogP contribution in [0, 0.1) is 5.21 Å². The zero-order valence-corrected chi connectivity index (χ0v) is 16.4. The minimum Gasteiger partial charge on any atom is -0.600 e. The molecule has 0 bridgehead atoms. The van der Waals surface area contributed by atoms with Crippen LogP contribution in [0.5, 0.6) is 0 Å². The number of esters is 2. The summed E-state index contributed by atoms with van der Waals surface area (Å²) in [5.74, 6) is -3.59. The maximum Gasteiger partial charge on any atom is 0.341 e. The second-order valence-corrected chi connectivity index (χ2v) is 6.64. The van der Waals surface area contributed by atoms with Crippen molar-refractivity contribution in [3.05, 3.63) is 93.4 Å². The van der Waals surface area contributed by atoms with Gasteiger partial charge in [0.1, 0.15) is 11.3 Å². The quantitative estimate of drug-likeness (QED) is 0.507. The lowest BCUT2D eigenvalue weighted by atomic mass is 9.80. The lowest BCUT2D eigenvalue weighted by Gasteiger charge is -2.33. The first-order chi connectivity index (χ1) is 14.4. The Bertz CT molecular complexity index is 1010. The van der Waals surface area contributed by atoms with E-state index in [-0.39, 0.29) is 11.1 Å². The molecule has 30 heavy (non-hydrogen) atoms. The van der Waals surface area contributed by atoms with Gasteiger partial charge in [-0.3, -0.25) is 0 Å². The highest BCUT2D eigenvalue weighted by molar-refractivity contribution is 6.03. The van der Waals surface area contributed by atoms with E-state index in [1.54, 1.807) is 54.6 Å². The minimum absolute atomic E-state index is 0.259. The van der Waals surface area contributed by atoms with Gasteiger partial charge in [0.25, 0.3) is 0 Å². The molecule has 2 aromatic carbocycles. The maximum atomic E-state index is 12.8. The molecule has 0 amide bonds. The summed E-state index contributed by atoms with van der Waals surface area (Å²) in [5.41, 5.74) is 0.788. The van der Waals surface area contributed by atoms with E-state index >= 15 is 0 Å². The second-order valence-electron chi connectivity index (χ2n) is 6.64. The van der Waals surface area contributed by atoms with Gasteiger partial charge in [-0.1, -0.05) is 54.6 Å². The monoisotopic (exact) mass is 411 g/mol. The average molecular weight is 411 g/mol. The molecular formula is C22H21NO7. The van der Waals surface area contributed by atoms with E-state index in [0.29, 0.717) is 16.7 Å². The number of rotatable bonds is 5. The predicted molar refractivity (Wildman–Crippen MR) is 106 cm³/mol. The van der Waals surface area contributed by atoms with E-state index in [0.717, 1.165) is 14.2 Å². The van der Waals surface area contributed by atoms with Gasteiger partial charge in [0.2, 0.25) is 0 Å². The van der Waals surface area contributed by atoms with Crippen molar-refractivity contribution in [1.29, 1.82) is 0 Å². The molecule has 0 heterocycles. The van der Waals surface area contributed by atoms with Gasteiger partial charge in [-0.05, 0) is 17.2 Å². The number of hydrogen-bond acceptors (Lipinski definition) is 7. The fraction of sp³-hybridized carbons (Fsp3) is 0.182. The summed E-state index contributed by atoms with van der Waals surface area (Å²) in [4.78, 5) is 25.1. The lowest BCUT2D eigenvalue weighted by molar-refractivity contribution is -1.07. The Balaban J connectivity index is 2.37. The molecule has 3 N–H and O–H groups in total. The van der Waals surface area contributed by atoms with Gasteiger partial charge in [0, 0.05) is 5.56 Å². The van der Waals surface area contributed by atoms with E-state index < -0.39 is 34.9 Å². The van der Waals surface area contributed by atoms with Crippen molar-refractivity contribution in [3.8, 4) is 0 Å². The normalized spacial score (nSPS) is 17.9. The Morgan fingerprint density at radius 3 is 2.20 bits per heavy atom. The van der Waals surface area contributed by atoms with Crippen molar-refractivity contribution in [3.63, 3.8) is 0 Å². The van der Waals surface area contributed by atoms with Crippen LogP contribution in [0.3, 0.4) is 0 Å². The molecule has 3 atom stereocenters. The van der Waals surface area contributed by atoms with E-state index in [9.17, 15) is 25.1 Å². The summed E-state index contributed by atoms with van der Waals surface area (Å²) in [6, 6.07) is 13.9. The van der Waals surface area contributed by atoms with Crippen LogP contribution in [-0.4, -0.2) is 36.5 Å². The summed E-state index contributed by atoms with van der Waals surface area (Å²) < 4.78 is 9.61. The van der Waals surface area contributed by atoms with E-state index in [1.165, 1.54) is 6.08 Å². The van der Waals surface area contributed by atoms with Crippen molar-refractivity contribution in [2.45, 2.75) is 12.0 Å². The number of fused-ring (bicyclic) bond motifs is 1. The molecule has 0 fully saturated rings. The third-order valence-electron chi connectivity index (χ3n) is 5.02. The smallest absolute Gasteiger partial charge is 0.341 e. The lowest BCUT2D eigenvalue weighted by Crippen LogP contribution is -3.05. The zero-order chi connectivity index (χ0) is 21.8. The Morgan fingerprint density at radius 2 is 1.60 bits per heavy atom. The molecule has 0 saturated heterocycles. The molecule has 0 spiro atoms. The highest BCUT2D eigenvalue weighted by Crippen LogP contribution is 2.42. The summed E-state index contributed by atoms with van der Waals surface area (Å²) in [6.07, 6.45) is 1.38. The highest BCUT2D eigenvalue weighted by Gasteiger charge is 2.42. The first-order valence-electron chi connectivity index (χ1n) is 9.09. The molecule has 156 valence electrons. The third kappa shape index (κ3) is 3.84. The molecule has 0 aliphatic heterocycles. The van der Waals surface area contributed by atoms with E-state index in [4.69, 9.17) is 9.47 Å². The van der Waals surface area contributed by atoms with Gasteiger partial charge >= 0.3 is 11.9 Å². The number of nitrogens with one attached hydrogen (secondary N) is 1. The summed E-state index contributed by atoms with van der Waals surface area (Å²) in [6.45, 7) is 0. The number of carbonyl (C=O) groups is 2. The molecule has 0 aromatic heterocycles. The van der Waals surface area contributed by atoms with Crippen molar-refractivity contribution < 1.29 is 34.6 Å². The number of quaternary nitrogens is 1. The second kappa shape index (κ2) is 8.91. The summed E-state index contributed by atoms with van der Waals surface area (Å²) in [5, 5.41) is 32.3. The number of aliphatic hydroxyl groups is 1. The molecule has 2 aromatic rings. The maximum absolute atomic E-state index is 12.8. The molecule has 8 heteroatoms. The topological polar surface area (TPSA) is 121 Å². The third-order valence-corrected chi connectivity index (χ3v) is 5.02. The number of ether oxygens (including phenoxy) is 2. The fourth-order valence-corrected chi connectivity index (χ4v) is 3.68. The molecule has 0 saturated carbocycles. The van der Waals surface area contributed by atoms with Crippen LogP contribution in [-0.2, 0) is 19.1 Å². The van der Waals surface area contributed by atoms with E-state index in [1.807, 2.05) is 0 Å². The van der Waals surface area contributed by atoms with Gasteiger partial charge in [-0.15, -0.1) is 0 Å². The molecule has 3 rings (SSSR count). The Hall–Kier alpha value is -3.46. The van der Waals surface area contributed by atoms with Crippen LogP contribution >= 0.6 is 0 Å². The van der Waals surface area contributed by atoms with Crippen LogP contribution in [0.25, 0.3) is 6.08 Å². The van der Waals surface area contributed by atoms with Crippen LogP contribution in [0.4, 0.5) is 0 Å². The minimum atomic E-state index is -1.23. The van der Waals surface area contributed by atoms with Crippen molar-refractivity contribution in [2.24, 2.45) is 0 Å². The number of hydroxylamine groups is 2. The first kappa shape index (κ1) is 21.3. The Labute approximate surface area is 172 Å². The largest absolute Gasteiger partial charge is 0.600 e. The Kier molecular flexibility index (Phi) is 6.31. The molecular weight excluding hydrogens is 390 g/mol. The summed E-state index contributed by atoms with van der Waals surface area (Å²) in [7, 11) is 2.27. The number of benzene rings is 2. The fourth-order valence-electron chi connectivity index (χ4n) is 3.68. The van der Waals surface area contributed by atoms with Gasteiger partial charge in [-0.2, -0.15) is 0 Å². The number of methoxy groups -OCH3 is 2. The number of hydrogen-bond donors (Lipinski definition) is 3. The van der Waals surface area contributed by atoms with Gasteiger partial charge in [0.15, 0.2) is 6.04 Å². The first-order valence-corrected chi connectivity index (χ1v) is 9.09. The zero-order valence-electron chi connectivity index (χ0n) is 16.4. The van der Waals surface area contributed by atoms with Gasteiger partial charge < -0.3 is 19.8 Å². The molecule has 8 nitrogen and oxygen atoms in total. The number of aliphatic hydroxyl groups excluding tert-OH is 1.